The van der Waals surface area contributed by atoms with Gasteiger partial charge in [-0.3, -0.25) is 5.32 Å². The molecule has 2 N–H and O–H groups in total. The lowest BCUT2D eigenvalue weighted by Gasteiger charge is -2.08. The quantitative estimate of drug-likeness (QED) is 0.739. The molecule has 5 nitrogen and oxygen atoms in total. The van der Waals surface area contributed by atoms with Gasteiger partial charge in [-0.05, 0) is 24.4 Å². The predicted octanol–water partition coefficient (Wildman–Crippen LogP) is 1.79. The minimum absolute atomic E-state index is 0.0717. The van der Waals surface area contributed by atoms with Gasteiger partial charge in [-0.25, -0.2) is 9.78 Å². The monoisotopic (exact) mass is 245 g/mol. The van der Waals surface area contributed by atoms with Crippen molar-refractivity contribution < 1.29 is 9.53 Å². The number of hydrogen-bond acceptors (Lipinski definition) is 4. The number of ether oxygens (including phenoxy) is 1. The van der Waals surface area contributed by atoms with E-state index in [-0.39, 0.29) is 5.11 Å². The van der Waals surface area contributed by atoms with Gasteiger partial charge in [0.25, 0.3) is 0 Å². The third-order valence-corrected chi connectivity index (χ3v) is 1.90. The summed E-state index contributed by atoms with van der Waals surface area (Å²) in [4.78, 5) is 14.7. The number of nitrogens with zero attached hydrogens (tertiary/aromatic N) is 1. The Bertz CT molecular complexity index is 386. The van der Waals surface area contributed by atoms with Crippen LogP contribution in [-0.4, -0.2) is 23.3 Å². The van der Waals surface area contributed by atoms with Crippen LogP contribution in [0.25, 0.3) is 0 Å². The number of thiocarbonyl (C=S) groups is 1. The zero-order valence-electron chi connectivity index (χ0n) is 7.78. The molecule has 0 atom stereocenters. The van der Waals surface area contributed by atoms with Crippen LogP contribution < -0.4 is 10.6 Å². The highest BCUT2D eigenvalue weighted by atomic mass is 35.5. The number of carbonyl (C=O) groups is 1. The van der Waals surface area contributed by atoms with Gasteiger partial charge in [0.1, 0.15) is 0 Å². The first-order valence-electron chi connectivity index (χ1n) is 3.90. The molecule has 0 saturated carbocycles. The summed E-state index contributed by atoms with van der Waals surface area (Å²) in [5, 5.41) is 5.40. The van der Waals surface area contributed by atoms with Crippen LogP contribution in [0.1, 0.15) is 0 Å². The van der Waals surface area contributed by atoms with E-state index in [1.165, 1.54) is 7.11 Å². The van der Waals surface area contributed by atoms with Gasteiger partial charge in [0.05, 0.1) is 12.1 Å². The summed E-state index contributed by atoms with van der Waals surface area (Å²) in [6.45, 7) is 0. The van der Waals surface area contributed by atoms with Crippen LogP contribution in [-0.2, 0) is 4.74 Å². The van der Waals surface area contributed by atoms with E-state index in [4.69, 9.17) is 23.8 Å². The number of amides is 1. The first-order chi connectivity index (χ1) is 7.13. The van der Waals surface area contributed by atoms with Crippen molar-refractivity contribution in [3.05, 3.63) is 23.4 Å². The number of anilines is 1. The van der Waals surface area contributed by atoms with Crippen molar-refractivity contribution in [2.45, 2.75) is 0 Å². The number of nitrogens with one attached hydrogen (secondary N) is 2. The molecule has 1 aromatic heterocycles. The summed E-state index contributed by atoms with van der Waals surface area (Å²) in [6, 6.07) is 3.34. The zero-order chi connectivity index (χ0) is 11.3. The second-order valence-electron chi connectivity index (χ2n) is 2.40. The van der Waals surface area contributed by atoms with Gasteiger partial charge < -0.3 is 10.1 Å². The first-order valence-corrected chi connectivity index (χ1v) is 4.68. The van der Waals surface area contributed by atoms with Crippen molar-refractivity contribution in [2.24, 2.45) is 0 Å². The number of hydrogen-bond donors (Lipinski definition) is 2. The number of aromatic nitrogens is 1. The van der Waals surface area contributed by atoms with Gasteiger partial charge in [0, 0.05) is 6.20 Å². The highest BCUT2D eigenvalue weighted by molar-refractivity contribution is 7.80. The van der Waals surface area contributed by atoms with E-state index in [9.17, 15) is 4.79 Å². The van der Waals surface area contributed by atoms with E-state index in [0.717, 1.165) is 0 Å². The topological polar surface area (TPSA) is 63.2 Å². The van der Waals surface area contributed by atoms with Crippen LogP contribution in [0.15, 0.2) is 18.3 Å². The number of rotatable bonds is 1. The summed E-state index contributed by atoms with van der Waals surface area (Å²) in [7, 11) is 1.24. The minimum atomic E-state index is -0.653. The average Bonchev–Trinajstić information content (AvgIpc) is 2.21. The lowest BCUT2D eigenvalue weighted by Crippen LogP contribution is -2.34. The van der Waals surface area contributed by atoms with Crippen LogP contribution in [0.5, 0.6) is 0 Å². The lowest BCUT2D eigenvalue weighted by atomic mass is 10.4. The molecule has 0 fully saturated rings. The Kier molecular flexibility index (Phi) is 4.26. The van der Waals surface area contributed by atoms with Crippen molar-refractivity contribution in [1.29, 1.82) is 0 Å². The Morgan fingerprint density at radius 3 is 3.00 bits per heavy atom. The Labute approximate surface area is 96.8 Å². The molecular weight excluding hydrogens is 238 g/mol. The Morgan fingerprint density at radius 1 is 1.67 bits per heavy atom. The summed E-state index contributed by atoms with van der Waals surface area (Å²) in [5.74, 6) is 0.376. The summed E-state index contributed by atoms with van der Waals surface area (Å²) in [5.41, 5.74) is 0. The lowest BCUT2D eigenvalue weighted by molar-refractivity contribution is 0.177. The molecule has 1 amide bonds. The summed E-state index contributed by atoms with van der Waals surface area (Å²) in [6.07, 6.45) is 0.897. The number of carbonyl (C=O) groups excluding carboxylic acids is 1. The van der Waals surface area contributed by atoms with Crippen LogP contribution in [0.3, 0.4) is 0 Å². The highest BCUT2D eigenvalue weighted by Gasteiger charge is 2.06. The fourth-order valence-corrected chi connectivity index (χ4v) is 1.11. The highest BCUT2D eigenvalue weighted by Crippen LogP contribution is 2.16. The number of pyridine rings is 1. The van der Waals surface area contributed by atoms with Gasteiger partial charge in [-0.1, -0.05) is 11.6 Å². The van der Waals surface area contributed by atoms with Crippen LogP contribution in [0.2, 0.25) is 5.02 Å². The smallest absolute Gasteiger partial charge is 0.413 e. The third kappa shape index (κ3) is 3.69. The Hall–Kier alpha value is -1.40. The normalized spacial score (nSPS) is 9.20. The molecule has 0 bridgehead atoms. The van der Waals surface area contributed by atoms with E-state index in [1.807, 2.05) is 0 Å². The van der Waals surface area contributed by atoms with Crippen LogP contribution in [0.4, 0.5) is 10.6 Å². The second-order valence-corrected chi connectivity index (χ2v) is 3.22. The maximum atomic E-state index is 10.8. The second kappa shape index (κ2) is 5.47. The van der Waals surface area contributed by atoms with Crippen molar-refractivity contribution in [1.82, 2.24) is 10.3 Å². The molecule has 15 heavy (non-hydrogen) atoms. The van der Waals surface area contributed by atoms with Crippen molar-refractivity contribution in [2.75, 3.05) is 12.4 Å². The molecular formula is C8H8ClN3O2S. The fraction of sp³-hybridized carbons (Fsp3) is 0.125. The minimum Gasteiger partial charge on any atom is -0.453 e. The number of halogens is 1. The van der Waals surface area contributed by atoms with Crippen molar-refractivity contribution in [3.63, 3.8) is 0 Å². The van der Waals surface area contributed by atoms with Gasteiger partial charge in [0.15, 0.2) is 10.9 Å². The molecule has 0 radical (unpaired) electrons. The van der Waals surface area contributed by atoms with E-state index < -0.39 is 6.09 Å². The van der Waals surface area contributed by atoms with Gasteiger partial charge in [-0.15, -0.1) is 0 Å². The summed E-state index contributed by atoms with van der Waals surface area (Å²) < 4.78 is 4.36. The molecule has 0 aliphatic heterocycles. The molecule has 7 heteroatoms. The maximum absolute atomic E-state index is 10.8. The summed E-state index contributed by atoms with van der Waals surface area (Å²) >= 11 is 10.6. The Balaban J connectivity index is 2.59. The van der Waals surface area contributed by atoms with Gasteiger partial charge in [-0.2, -0.15) is 0 Å². The largest absolute Gasteiger partial charge is 0.453 e. The van der Waals surface area contributed by atoms with Gasteiger partial charge >= 0.3 is 6.09 Å². The van der Waals surface area contributed by atoms with Crippen LogP contribution in [0, 0.1) is 0 Å². The van der Waals surface area contributed by atoms with E-state index in [0.29, 0.717) is 10.8 Å². The van der Waals surface area contributed by atoms with Crippen LogP contribution >= 0.6 is 23.8 Å². The average molecular weight is 246 g/mol. The molecule has 0 aliphatic rings. The first kappa shape index (κ1) is 11.7. The molecule has 80 valence electrons. The van der Waals surface area contributed by atoms with Crippen molar-refractivity contribution in [3.8, 4) is 0 Å². The number of methoxy groups -OCH3 is 1. The number of alkyl carbamates (subject to hydrolysis) is 1. The third-order valence-electron chi connectivity index (χ3n) is 1.39. The Morgan fingerprint density at radius 2 is 2.40 bits per heavy atom. The van der Waals surface area contributed by atoms with Crippen molar-refractivity contribution >= 4 is 40.8 Å². The fourth-order valence-electron chi connectivity index (χ4n) is 0.760. The molecule has 1 heterocycles. The molecule has 0 aliphatic carbocycles. The maximum Gasteiger partial charge on any atom is 0.413 e. The standard InChI is InChI=1S/C8H8ClN3O2S/c1-14-8(13)12-7(15)11-6-5(9)3-2-4-10-6/h2-4H,1H3,(H2,10,11,12,13,15). The molecule has 0 unspecified atom stereocenters. The molecule has 0 spiro atoms. The van der Waals surface area contributed by atoms with E-state index >= 15 is 0 Å². The molecule has 0 saturated heterocycles. The SMILES string of the molecule is COC(=O)NC(=S)Nc1ncccc1Cl. The molecule has 0 aromatic carbocycles. The zero-order valence-corrected chi connectivity index (χ0v) is 9.35. The predicted molar refractivity (Wildman–Crippen MR) is 61.0 cm³/mol. The molecule has 1 rings (SSSR count). The van der Waals surface area contributed by atoms with E-state index in [1.54, 1.807) is 18.3 Å². The van der Waals surface area contributed by atoms with E-state index in [2.05, 4.69) is 20.4 Å². The van der Waals surface area contributed by atoms with Gasteiger partial charge in [0.2, 0.25) is 0 Å². The molecule has 1 aromatic rings.